The Kier molecular flexibility index (Phi) is 5.44. The molecule has 1 saturated heterocycles. The second kappa shape index (κ2) is 6.90. The standard InChI is InChI=1S/C16H25ClN2O/c1-16(20)8-4-9-19(12-16)10-7-15(18-2)13-5-3-6-14(17)11-13/h3,5-6,11,15,18,20H,4,7-10,12H2,1-2H3. The van der Waals surface area contributed by atoms with Crippen molar-refractivity contribution < 1.29 is 5.11 Å². The van der Waals surface area contributed by atoms with Crippen LogP contribution in [0.3, 0.4) is 0 Å². The lowest BCUT2D eigenvalue weighted by Gasteiger charge is -2.37. The Morgan fingerprint density at radius 2 is 2.30 bits per heavy atom. The van der Waals surface area contributed by atoms with Gasteiger partial charge in [-0.15, -0.1) is 0 Å². The largest absolute Gasteiger partial charge is 0.389 e. The minimum atomic E-state index is -0.524. The summed E-state index contributed by atoms with van der Waals surface area (Å²) in [6.45, 7) is 4.79. The molecule has 2 atom stereocenters. The van der Waals surface area contributed by atoms with Gasteiger partial charge in [0, 0.05) is 24.2 Å². The topological polar surface area (TPSA) is 35.5 Å². The van der Waals surface area contributed by atoms with Crippen molar-refractivity contribution in [2.45, 2.75) is 37.8 Å². The van der Waals surface area contributed by atoms with Crippen molar-refractivity contribution in [1.82, 2.24) is 10.2 Å². The summed E-state index contributed by atoms with van der Waals surface area (Å²) in [7, 11) is 1.98. The van der Waals surface area contributed by atoms with Gasteiger partial charge in [-0.25, -0.2) is 0 Å². The van der Waals surface area contributed by atoms with Crippen LogP contribution in [0, 0.1) is 0 Å². The molecule has 2 rings (SSSR count). The van der Waals surface area contributed by atoms with Gasteiger partial charge >= 0.3 is 0 Å². The number of nitrogens with one attached hydrogen (secondary N) is 1. The van der Waals surface area contributed by atoms with E-state index in [0.717, 1.165) is 43.9 Å². The van der Waals surface area contributed by atoms with E-state index in [9.17, 15) is 5.11 Å². The van der Waals surface area contributed by atoms with Crippen molar-refractivity contribution in [3.8, 4) is 0 Å². The molecule has 0 aromatic heterocycles. The zero-order valence-electron chi connectivity index (χ0n) is 12.4. The van der Waals surface area contributed by atoms with Gasteiger partial charge in [0.2, 0.25) is 0 Å². The Hall–Kier alpha value is -0.610. The second-order valence-electron chi connectivity index (χ2n) is 6.06. The number of nitrogens with zero attached hydrogens (tertiary/aromatic N) is 1. The van der Waals surface area contributed by atoms with Crippen LogP contribution in [0.1, 0.15) is 37.8 Å². The number of hydrogen-bond donors (Lipinski definition) is 2. The predicted molar refractivity (Wildman–Crippen MR) is 84.2 cm³/mol. The summed E-state index contributed by atoms with van der Waals surface area (Å²) in [5.74, 6) is 0. The summed E-state index contributed by atoms with van der Waals surface area (Å²) in [5, 5.41) is 14.3. The van der Waals surface area contributed by atoms with Crippen LogP contribution in [-0.4, -0.2) is 42.3 Å². The van der Waals surface area contributed by atoms with Crippen LogP contribution in [0.25, 0.3) is 0 Å². The predicted octanol–water partition coefficient (Wildman–Crippen LogP) is 2.84. The van der Waals surface area contributed by atoms with Crippen molar-refractivity contribution in [2.75, 3.05) is 26.7 Å². The highest BCUT2D eigenvalue weighted by molar-refractivity contribution is 6.30. The molecular formula is C16H25ClN2O. The fraction of sp³-hybridized carbons (Fsp3) is 0.625. The number of hydrogen-bond acceptors (Lipinski definition) is 3. The van der Waals surface area contributed by atoms with E-state index < -0.39 is 5.60 Å². The van der Waals surface area contributed by atoms with Crippen LogP contribution >= 0.6 is 11.6 Å². The molecule has 0 radical (unpaired) electrons. The van der Waals surface area contributed by atoms with Gasteiger partial charge in [-0.3, -0.25) is 0 Å². The zero-order valence-corrected chi connectivity index (χ0v) is 13.2. The van der Waals surface area contributed by atoms with Gasteiger partial charge in [0.1, 0.15) is 0 Å². The average molecular weight is 297 g/mol. The summed E-state index contributed by atoms with van der Waals surface area (Å²) in [6.07, 6.45) is 3.01. The van der Waals surface area contributed by atoms with Gasteiger partial charge in [0.25, 0.3) is 0 Å². The first-order valence-electron chi connectivity index (χ1n) is 7.38. The van der Waals surface area contributed by atoms with Crippen LogP contribution in [0.15, 0.2) is 24.3 Å². The minimum absolute atomic E-state index is 0.306. The van der Waals surface area contributed by atoms with Gasteiger partial charge in [0.15, 0.2) is 0 Å². The number of halogens is 1. The van der Waals surface area contributed by atoms with E-state index in [-0.39, 0.29) is 0 Å². The molecule has 1 aliphatic rings. The van der Waals surface area contributed by atoms with Crippen molar-refractivity contribution in [1.29, 1.82) is 0 Å². The molecule has 3 nitrogen and oxygen atoms in total. The number of piperidine rings is 1. The van der Waals surface area contributed by atoms with Crippen LogP contribution in [0.2, 0.25) is 5.02 Å². The van der Waals surface area contributed by atoms with E-state index in [4.69, 9.17) is 11.6 Å². The Bertz CT molecular complexity index is 436. The Balaban J connectivity index is 1.91. The van der Waals surface area contributed by atoms with Gasteiger partial charge in [-0.1, -0.05) is 23.7 Å². The van der Waals surface area contributed by atoms with E-state index in [1.807, 2.05) is 32.2 Å². The molecule has 0 saturated carbocycles. The van der Waals surface area contributed by atoms with Crippen molar-refractivity contribution in [3.05, 3.63) is 34.9 Å². The fourth-order valence-electron chi connectivity index (χ4n) is 3.03. The summed E-state index contributed by atoms with van der Waals surface area (Å²) in [6, 6.07) is 8.34. The maximum absolute atomic E-state index is 10.1. The molecule has 4 heteroatoms. The van der Waals surface area contributed by atoms with Crippen LogP contribution in [0.4, 0.5) is 0 Å². The molecule has 0 aliphatic carbocycles. The zero-order chi connectivity index (χ0) is 14.6. The maximum atomic E-state index is 10.1. The number of rotatable bonds is 5. The van der Waals surface area contributed by atoms with Crippen molar-refractivity contribution in [3.63, 3.8) is 0 Å². The van der Waals surface area contributed by atoms with Crippen LogP contribution < -0.4 is 5.32 Å². The molecule has 20 heavy (non-hydrogen) atoms. The highest BCUT2D eigenvalue weighted by atomic mass is 35.5. The monoisotopic (exact) mass is 296 g/mol. The highest BCUT2D eigenvalue weighted by Crippen LogP contribution is 2.23. The van der Waals surface area contributed by atoms with Gasteiger partial charge in [0.05, 0.1) is 5.60 Å². The highest BCUT2D eigenvalue weighted by Gasteiger charge is 2.28. The first kappa shape index (κ1) is 15.8. The summed E-state index contributed by atoms with van der Waals surface area (Å²) in [4.78, 5) is 2.36. The number of benzene rings is 1. The molecule has 1 aromatic carbocycles. The minimum Gasteiger partial charge on any atom is -0.389 e. The molecule has 1 aromatic rings. The lowest BCUT2D eigenvalue weighted by molar-refractivity contribution is -0.0163. The number of likely N-dealkylation sites (tertiary alicyclic amines) is 1. The molecule has 1 aliphatic heterocycles. The smallest absolute Gasteiger partial charge is 0.0746 e. The van der Waals surface area contributed by atoms with E-state index in [0.29, 0.717) is 6.04 Å². The molecule has 1 heterocycles. The molecule has 1 fully saturated rings. The Morgan fingerprint density at radius 1 is 1.50 bits per heavy atom. The van der Waals surface area contributed by atoms with Crippen LogP contribution in [0.5, 0.6) is 0 Å². The van der Waals surface area contributed by atoms with Crippen molar-refractivity contribution in [2.24, 2.45) is 0 Å². The third kappa shape index (κ3) is 4.45. The van der Waals surface area contributed by atoms with E-state index >= 15 is 0 Å². The summed E-state index contributed by atoms with van der Waals surface area (Å²) < 4.78 is 0. The van der Waals surface area contributed by atoms with E-state index in [1.165, 1.54) is 5.56 Å². The summed E-state index contributed by atoms with van der Waals surface area (Å²) >= 11 is 6.06. The van der Waals surface area contributed by atoms with E-state index in [1.54, 1.807) is 0 Å². The Labute approximate surface area is 126 Å². The fourth-order valence-corrected chi connectivity index (χ4v) is 3.23. The first-order chi connectivity index (χ1) is 9.50. The second-order valence-corrected chi connectivity index (χ2v) is 6.50. The van der Waals surface area contributed by atoms with Crippen LogP contribution in [-0.2, 0) is 0 Å². The lowest BCUT2D eigenvalue weighted by atomic mass is 9.94. The molecular weight excluding hydrogens is 272 g/mol. The number of aliphatic hydroxyl groups is 1. The molecule has 0 amide bonds. The third-order valence-electron chi connectivity index (χ3n) is 4.09. The van der Waals surface area contributed by atoms with Gasteiger partial charge in [-0.2, -0.15) is 0 Å². The quantitative estimate of drug-likeness (QED) is 0.877. The average Bonchev–Trinajstić information content (AvgIpc) is 2.38. The van der Waals surface area contributed by atoms with Gasteiger partial charge in [-0.05, 0) is 57.5 Å². The Morgan fingerprint density at radius 3 is 2.95 bits per heavy atom. The lowest BCUT2D eigenvalue weighted by Crippen LogP contribution is -2.46. The first-order valence-corrected chi connectivity index (χ1v) is 7.75. The number of β-amino-alcohol motifs (C(OH)–C–C–N with tert-alkyl or cyclic N) is 1. The maximum Gasteiger partial charge on any atom is 0.0746 e. The summed E-state index contributed by atoms with van der Waals surface area (Å²) in [5.41, 5.74) is 0.701. The van der Waals surface area contributed by atoms with E-state index in [2.05, 4.69) is 16.3 Å². The normalized spacial score (nSPS) is 25.6. The molecule has 0 spiro atoms. The SMILES string of the molecule is CNC(CCN1CCCC(C)(O)C1)c1cccc(Cl)c1. The molecule has 2 N–H and O–H groups in total. The molecule has 0 bridgehead atoms. The molecule has 2 unspecified atom stereocenters. The van der Waals surface area contributed by atoms with Crippen molar-refractivity contribution >= 4 is 11.6 Å². The third-order valence-corrected chi connectivity index (χ3v) is 4.32. The molecule has 112 valence electrons. The van der Waals surface area contributed by atoms with Gasteiger partial charge < -0.3 is 15.3 Å².